The van der Waals surface area contributed by atoms with Crippen molar-refractivity contribution in [3.8, 4) is 0 Å². The largest absolute Gasteiger partial charge is 0.388 e. The summed E-state index contributed by atoms with van der Waals surface area (Å²) in [5.74, 6) is 1.44. The minimum absolute atomic E-state index is 0.283. The van der Waals surface area contributed by atoms with Crippen molar-refractivity contribution in [1.82, 2.24) is 4.98 Å². The van der Waals surface area contributed by atoms with Crippen molar-refractivity contribution in [3.05, 3.63) is 23.0 Å². The van der Waals surface area contributed by atoms with Crippen LogP contribution in [0, 0.1) is 5.92 Å². The third-order valence-electron chi connectivity index (χ3n) is 4.78. The monoisotopic (exact) mass is 288 g/mol. The van der Waals surface area contributed by atoms with Crippen LogP contribution < -0.4 is 5.32 Å². The quantitative estimate of drug-likeness (QED) is 0.821. The number of pyridine rings is 1. The SMILES string of the molecule is CCC(C)Cc1cnc2c(c1NC)CCC2CCC(C)=O. The molecule has 1 heterocycles. The van der Waals surface area contributed by atoms with E-state index in [2.05, 4.69) is 25.4 Å². The second-order valence-corrected chi connectivity index (χ2v) is 6.47. The Balaban J connectivity index is 2.23. The lowest BCUT2D eigenvalue weighted by Gasteiger charge is -2.17. The van der Waals surface area contributed by atoms with Gasteiger partial charge in [0, 0.05) is 37.0 Å². The zero-order chi connectivity index (χ0) is 15.4. The van der Waals surface area contributed by atoms with Gasteiger partial charge < -0.3 is 10.1 Å². The molecule has 2 unspecified atom stereocenters. The standard InChI is InChI=1S/C18H28N2O/c1-5-12(2)10-15-11-20-18-14(7-6-13(3)21)8-9-16(18)17(15)19-4/h11-12,14H,5-10H2,1-4H3,(H,19,20). The molecule has 1 aliphatic rings. The molecule has 3 nitrogen and oxygen atoms in total. The summed E-state index contributed by atoms with van der Waals surface area (Å²) >= 11 is 0. The zero-order valence-corrected chi connectivity index (χ0v) is 13.8. The van der Waals surface area contributed by atoms with E-state index in [0.29, 0.717) is 18.3 Å². The summed E-state index contributed by atoms with van der Waals surface area (Å²) in [6, 6.07) is 0. The van der Waals surface area contributed by atoms with Crippen LogP contribution in [-0.4, -0.2) is 17.8 Å². The molecule has 0 radical (unpaired) electrons. The van der Waals surface area contributed by atoms with Crippen molar-refractivity contribution in [2.75, 3.05) is 12.4 Å². The molecular weight excluding hydrogens is 260 g/mol. The number of anilines is 1. The number of ketones is 1. The number of nitrogens with one attached hydrogen (secondary N) is 1. The third-order valence-corrected chi connectivity index (χ3v) is 4.78. The number of fused-ring (bicyclic) bond motifs is 1. The van der Waals surface area contributed by atoms with Crippen LogP contribution in [0.25, 0.3) is 0 Å². The molecule has 0 spiro atoms. The molecule has 21 heavy (non-hydrogen) atoms. The van der Waals surface area contributed by atoms with E-state index < -0.39 is 0 Å². The van der Waals surface area contributed by atoms with E-state index in [1.54, 1.807) is 6.92 Å². The Morgan fingerprint density at radius 1 is 1.52 bits per heavy atom. The van der Waals surface area contributed by atoms with Gasteiger partial charge in [0.25, 0.3) is 0 Å². The summed E-state index contributed by atoms with van der Waals surface area (Å²) in [6.45, 7) is 6.21. The number of carbonyl (C=O) groups excluding carboxylic acids is 1. The number of nitrogens with zero attached hydrogens (tertiary/aromatic N) is 1. The highest BCUT2D eigenvalue weighted by Gasteiger charge is 2.27. The molecule has 3 heteroatoms. The van der Waals surface area contributed by atoms with Crippen molar-refractivity contribution in [1.29, 1.82) is 0 Å². The summed E-state index contributed by atoms with van der Waals surface area (Å²) in [4.78, 5) is 16.0. The summed E-state index contributed by atoms with van der Waals surface area (Å²) in [7, 11) is 2.01. The highest BCUT2D eigenvalue weighted by molar-refractivity contribution is 5.75. The zero-order valence-electron chi connectivity index (χ0n) is 13.8. The molecule has 2 rings (SSSR count). The molecule has 0 aliphatic heterocycles. The lowest BCUT2D eigenvalue weighted by molar-refractivity contribution is -0.117. The van der Waals surface area contributed by atoms with Crippen LogP contribution >= 0.6 is 0 Å². The Hall–Kier alpha value is -1.38. The van der Waals surface area contributed by atoms with Crippen molar-refractivity contribution in [3.63, 3.8) is 0 Å². The lowest BCUT2D eigenvalue weighted by Crippen LogP contribution is -2.07. The van der Waals surface area contributed by atoms with E-state index in [9.17, 15) is 4.79 Å². The molecular formula is C18H28N2O. The first kappa shape index (κ1) is 16.0. The molecule has 1 aliphatic carbocycles. The maximum absolute atomic E-state index is 11.2. The van der Waals surface area contributed by atoms with Gasteiger partial charge in [-0.05, 0) is 49.7 Å². The summed E-state index contributed by atoms with van der Waals surface area (Å²) in [5, 5.41) is 3.40. The van der Waals surface area contributed by atoms with Gasteiger partial charge in [-0.2, -0.15) is 0 Å². The fourth-order valence-electron chi connectivity index (χ4n) is 3.32. The first-order valence-electron chi connectivity index (χ1n) is 8.24. The van der Waals surface area contributed by atoms with E-state index in [4.69, 9.17) is 4.98 Å². The Morgan fingerprint density at radius 2 is 2.29 bits per heavy atom. The molecule has 1 aromatic heterocycles. The van der Waals surface area contributed by atoms with E-state index in [1.807, 2.05) is 7.05 Å². The molecule has 116 valence electrons. The number of hydrogen-bond donors (Lipinski definition) is 1. The molecule has 1 aromatic rings. The van der Waals surface area contributed by atoms with Crippen molar-refractivity contribution < 1.29 is 4.79 Å². The van der Waals surface area contributed by atoms with Crippen LogP contribution in [-0.2, 0) is 17.6 Å². The Labute approximate surface area is 128 Å². The summed E-state index contributed by atoms with van der Waals surface area (Å²) in [6.07, 6.45) is 8.19. The van der Waals surface area contributed by atoms with Crippen LogP contribution in [0.3, 0.4) is 0 Å². The Morgan fingerprint density at radius 3 is 2.90 bits per heavy atom. The fourth-order valence-corrected chi connectivity index (χ4v) is 3.32. The molecule has 0 aromatic carbocycles. The number of rotatable bonds is 7. The smallest absolute Gasteiger partial charge is 0.129 e. The van der Waals surface area contributed by atoms with Crippen molar-refractivity contribution in [2.45, 2.75) is 65.2 Å². The first-order valence-corrected chi connectivity index (χ1v) is 8.24. The number of hydrogen-bond acceptors (Lipinski definition) is 3. The van der Waals surface area contributed by atoms with Crippen LogP contribution in [0.15, 0.2) is 6.20 Å². The van der Waals surface area contributed by atoms with Crippen molar-refractivity contribution in [2.24, 2.45) is 5.92 Å². The average molecular weight is 288 g/mol. The Bertz CT molecular complexity index is 510. The first-order chi connectivity index (χ1) is 10.1. The van der Waals surface area contributed by atoms with Gasteiger partial charge in [0.05, 0.1) is 0 Å². The topological polar surface area (TPSA) is 42.0 Å². The highest BCUT2D eigenvalue weighted by atomic mass is 16.1. The van der Waals surface area contributed by atoms with E-state index in [1.165, 1.54) is 28.9 Å². The van der Waals surface area contributed by atoms with E-state index >= 15 is 0 Å². The van der Waals surface area contributed by atoms with Gasteiger partial charge in [0.2, 0.25) is 0 Å². The molecule has 0 amide bonds. The third kappa shape index (κ3) is 3.63. The molecule has 2 atom stereocenters. The van der Waals surface area contributed by atoms with Gasteiger partial charge >= 0.3 is 0 Å². The fraction of sp³-hybridized carbons (Fsp3) is 0.667. The maximum Gasteiger partial charge on any atom is 0.129 e. The van der Waals surface area contributed by atoms with Gasteiger partial charge in [-0.15, -0.1) is 0 Å². The average Bonchev–Trinajstić information content (AvgIpc) is 2.87. The van der Waals surface area contributed by atoms with Crippen LogP contribution in [0.2, 0.25) is 0 Å². The summed E-state index contributed by atoms with van der Waals surface area (Å²) < 4.78 is 0. The number of aromatic nitrogens is 1. The van der Waals surface area contributed by atoms with Gasteiger partial charge in [-0.1, -0.05) is 20.3 Å². The summed E-state index contributed by atoms with van der Waals surface area (Å²) in [5.41, 5.74) is 5.27. The second kappa shape index (κ2) is 7.06. The lowest BCUT2D eigenvalue weighted by atomic mass is 9.95. The second-order valence-electron chi connectivity index (χ2n) is 6.47. The molecule has 0 fully saturated rings. The van der Waals surface area contributed by atoms with Gasteiger partial charge in [0.15, 0.2) is 0 Å². The minimum atomic E-state index is 0.283. The highest BCUT2D eigenvalue weighted by Crippen LogP contribution is 2.40. The van der Waals surface area contributed by atoms with Gasteiger partial charge in [-0.25, -0.2) is 0 Å². The Kier molecular flexibility index (Phi) is 5.38. The predicted octanol–water partition coefficient (Wildman–Crippen LogP) is 4.11. The van der Waals surface area contributed by atoms with Crippen LogP contribution in [0.4, 0.5) is 5.69 Å². The number of carbonyl (C=O) groups is 1. The normalized spacial score (nSPS) is 18.4. The molecule has 0 saturated heterocycles. The van der Waals surface area contributed by atoms with E-state index in [-0.39, 0.29) is 5.78 Å². The predicted molar refractivity (Wildman–Crippen MR) is 87.9 cm³/mol. The van der Waals surface area contributed by atoms with E-state index in [0.717, 1.165) is 25.7 Å². The maximum atomic E-state index is 11.2. The molecule has 1 N–H and O–H groups in total. The van der Waals surface area contributed by atoms with Crippen LogP contribution in [0.5, 0.6) is 0 Å². The minimum Gasteiger partial charge on any atom is -0.388 e. The van der Waals surface area contributed by atoms with Crippen molar-refractivity contribution >= 4 is 11.5 Å². The molecule has 0 saturated carbocycles. The van der Waals surface area contributed by atoms with Crippen LogP contribution in [0.1, 0.15) is 69.2 Å². The van der Waals surface area contributed by atoms with Gasteiger partial charge in [-0.3, -0.25) is 4.98 Å². The number of Topliss-reactive ketones (excluding diaryl/α,β-unsaturated/α-hetero) is 1. The van der Waals surface area contributed by atoms with Gasteiger partial charge in [0.1, 0.15) is 5.78 Å². The molecule has 0 bridgehead atoms.